The zero-order valence-corrected chi connectivity index (χ0v) is 14.0. The minimum absolute atomic E-state index is 0.382. The Morgan fingerprint density at radius 2 is 2.00 bits per heavy atom. The molecule has 1 aliphatic heterocycles. The highest BCUT2D eigenvalue weighted by Crippen LogP contribution is 2.25. The molecule has 0 aromatic carbocycles. The summed E-state index contributed by atoms with van der Waals surface area (Å²) in [6.45, 7) is 11.9. The molecule has 0 radical (unpaired) electrons. The molecule has 1 N–H and O–H groups in total. The highest BCUT2D eigenvalue weighted by atomic mass is 16.2. The van der Waals surface area contributed by atoms with Crippen molar-refractivity contribution in [1.29, 1.82) is 0 Å². The van der Waals surface area contributed by atoms with Crippen LogP contribution >= 0.6 is 0 Å². The molecule has 0 saturated carbocycles. The van der Waals surface area contributed by atoms with Crippen LogP contribution in [0.1, 0.15) is 66.2 Å². The van der Waals surface area contributed by atoms with Gasteiger partial charge in [-0.1, -0.05) is 27.2 Å². The Labute approximate surface area is 125 Å². The van der Waals surface area contributed by atoms with Crippen LogP contribution in [0.2, 0.25) is 0 Å². The lowest BCUT2D eigenvalue weighted by molar-refractivity contribution is -0.130. The number of hydrogen-bond acceptors (Lipinski definition) is 2. The molecule has 1 saturated heterocycles. The van der Waals surface area contributed by atoms with E-state index in [1.807, 2.05) is 0 Å². The van der Waals surface area contributed by atoms with Gasteiger partial charge >= 0.3 is 0 Å². The summed E-state index contributed by atoms with van der Waals surface area (Å²) in [6.07, 6.45) is 6.61. The maximum atomic E-state index is 12.1. The lowest BCUT2D eigenvalue weighted by Crippen LogP contribution is -2.31. The van der Waals surface area contributed by atoms with E-state index >= 15 is 0 Å². The van der Waals surface area contributed by atoms with Gasteiger partial charge in [0.25, 0.3) is 0 Å². The summed E-state index contributed by atoms with van der Waals surface area (Å²) in [5, 5.41) is 3.44. The average molecular weight is 282 g/mol. The van der Waals surface area contributed by atoms with Crippen LogP contribution in [0.25, 0.3) is 0 Å². The van der Waals surface area contributed by atoms with Crippen LogP contribution in [0.5, 0.6) is 0 Å². The Hall–Kier alpha value is -0.570. The highest BCUT2D eigenvalue weighted by molar-refractivity contribution is 5.76. The Bertz CT molecular complexity index is 278. The lowest BCUT2D eigenvalue weighted by atomic mass is 9.89. The molecule has 1 fully saturated rings. The molecule has 1 heterocycles. The van der Waals surface area contributed by atoms with E-state index < -0.39 is 0 Å². The molecule has 0 aromatic rings. The van der Waals surface area contributed by atoms with Gasteiger partial charge in [-0.25, -0.2) is 0 Å². The molecule has 3 nitrogen and oxygen atoms in total. The van der Waals surface area contributed by atoms with Gasteiger partial charge in [0, 0.05) is 25.6 Å². The minimum atomic E-state index is 0.382. The maximum absolute atomic E-state index is 12.1. The molecule has 1 rings (SSSR count). The normalized spacial score (nSPS) is 22.1. The lowest BCUT2D eigenvalue weighted by Gasteiger charge is -2.22. The van der Waals surface area contributed by atoms with Crippen molar-refractivity contribution in [1.82, 2.24) is 10.2 Å². The molecule has 0 spiro atoms. The second kappa shape index (κ2) is 9.38. The van der Waals surface area contributed by atoms with Crippen LogP contribution < -0.4 is 5.32 Å². The van der Waals surface area contributed by atoms with Crippen LogP contribution in [0.4, 0.5) is 0 Å². The van der Waals surface area contributed by atoms with Crippen LogP contribution in [0.3, 0.4) is 0 Å². The molecule has 118 valence electrons. The molecule has 0 aliphatic carbocycles. The van der Waals surface area contributed by atoms with E-state index in [4.69, 9.17) is 0 Å². The third-order valence-electron chi connectivity index (χ3n) is 4.66. The van der Waals surface area contributed by atoms with Gasteiger partial charge < -0.3 is 10.2 Å². The first-order valence-electron chi connectivity index (χ1n) is 8.55. The van der Waals surface area contributed by atoms with E-state index in [0.717, 1.165) is 44.8 Å². The van der Waals surface area contributed by atoms with Crippen molar-refractivity contribution in [2.75, 3.05) is 19.6 Å². The summed E-state index contributed by atoms with van der Waals surface area (Å²) in [4.78, 5) is 14.2. The Morgan fingerprint density at radius 3 is 2.65 bits per heavy atom. The van der Waals surface area contributed by atoms with E-state index in [2.05, 4.69) is 37.9 Å². The largest absolute Gasteiger partial charge is 0.343 e. The summed E-state index contributed by atoms with van der Waals surface area (Å²) in [5.74, 6) is 1.83. The third-order valence-corrected chi connectivity index (χ3v) is 4.66. The first-order valence-corrected chi connectivity index (χ1v) is 8.55. The average Bonchev–Trinajstić information content (AvgIpc) is 2.58. The fourth-order valence-electron chi connectivity index (χ4n) is 3.16. The van der Waals surface area contributed by atoms with Gasteiger partial charge in [0.15, 0.2) is 0 Å². The molecule has 1 amide bonds. The van der Waals surface area contributed by atoms with Crippen molar-refractivity contribution >= 4 is 5.91 Å². The van der Waals surface area contributed by atoms with E-state index in [0.29, 0.717) is 17.9 Å². The standard InChI is InChI=1S/C17H34N2O/c1-5-18-15(4)8-6-7-12-19-13-11-16(14(2)3)9-10-17(19)20/h14-16,18H,5-13H2,1-4H3. The fraction of sp³-hybridized carbons (Fsp3) is 0.941. The number of nitrogens with one attached hydrogen (secondary N) is 1. The van der Waals surface area contributed by atoms with Crippen molar-refractivity contribution in [2.45, 2.75) is 72.3 Å². The molecule has 0 aromatic heterocycles. The second-order valence-electron chi connectivity index (χ2n) is 6.67. The highest BCUT2D eigenvalue weighted by Gasteiger charge is 2.23. The predicted octanol–water partition coefficient (Wildman–Crippen LogP) is 3.44. The Morgan fingerprint density at radius 1 is 1.25 bits per heavy atom. The van der Waals surface area contributed by atoms with Crippen LogP contribution in [0.15, 0.2) is 0 Å². The van der Waals surface area contributed by atoms with Crippen LogP contribution in [-0.4, -0.2) is 36.5 Å². The summed E-state index contributed by atoms with van der Waals surface area (Å²) in [5.41, 5.74) is 0. The molecule has 2 unspecified atom stereocenters. The van der Waals surface area contributed by atoms with Crippen molar-refractivity contribution in [3.63, 3.8) is 0 Å². The smallest absolute Gasteiger partial charge is 0.222 e. The molecule has 1 aliphatic rings. The first kappa shape index (κ1) is 17.5. The summed E-state index contributed by atoms with van der Waals surface area (Å²) >= 11 is 0. The van der Waals surface area contributed by atoms with Gasteiger partial charge in [0.2, 0.25) is 5.91 Å². The number of carbonyl (C=O) groups is 1. The third kappa shape index (κ3) is 6.25. The van der Waals surface area contributed by atoms with Gasteiger partial charge in [0.1, 0.15) is 0 Å². The summed E-state index contributed by atoms with van der Waals surface area (Å²) < 4.78 is 0. The summed E-state index contributed by atoms with van der Waals surface area (Å²) in [7, 11) is 0. The Balaban J connectivity index is 2.24. The molecular formula is C17H34N2O. The van der Waals surface area contributed by atoms with E-state index in [1.165, 1.54) is 19.3 Å². The zero-order chi connectivity index (χ0) is 15.0. The van der Waals surface area contributed by atoms with Gasteiger partial charge in [-0.15, -0.1) is 0 Å². The molecule has 3 heteroatoms. The van der Waals surface area contributed by atoms with Gasteiger partial charge in [-0.05, 0) is 51.0 Å². The predicted molar refractivity (Wildman–Crippen MR) is 85.7 cm³/mol. The van der Waals surface area contributed by atoms with E-state index in [1.54, 1.807) is 0 Å². The van der Waals surface area contributed by atoms with Crippen LogP contribution in [-0.2, 0) is 4.79 Å². The number of amides is 1. The molecule has 2 atom stereocenters. The topological polar surface area (TPSA) is 32.3 Å². The number of likely N-dealkylation sites (tertiary alicyclic amines) is 1. The molecule has 0 bridgehead atoms. The second-order valence-corrected chi connectivity index (χ2v) is 6.67. The monoisotopic (exact) mass is 282 g/mol. The number of hydrogen-bond donors (Lipinski definition) is 1. The van der Waals surface area contributed by atoms with Gasteiger partial charge in [0.05, 0.1) is 0 Å². The SMILES string of the molecule is CCNC(C)CCCCN1CCC(C(C)C)CCC1=O. The minimum Gasteiger partial charge on any atom is -0.343 e. The quantitative estimate of drug-likeness (QED) is 0.692. The summed E-state index contributed by atoms with van der Waals surface area (Å²) in [6, 6.07) is 0.602. The van der Waals surface area contributed by atoms with Crippen molar-refractivity contribution in [3.8, 4) is 0 Å². The molecular weight excluding hydrogens is 248 g/mol. The number of nitrogens with zero attached hydrogens (tertiary/aromatic N) is 1. The Kier molecular flexibility index (Phi) is 8.20. The number of rotatable bonds is 8. The fourth-order valence-corrected chi connectivity index (χ4v) is 3.16. The first-order chi connectivity index (χ1) is 9.54. The number of unbranched alkanes of at least 4 members (excludes halogenated alkanes) is 1. The molecule has 20 heavy (non-hydrogen) atoms. The van der Waals surface area contributed by atoms with Crippen molar-refractivity contribution < 1.29 is 4.79 Å². The van der Waals surface area contributed by atoms with E-state index in [-0.39, 0.29) is 0 Å². The number of carbonyl (C=O) groups excluding carboxylic acids is 1. The van der Waals surface area contributed by atoms with Gasteiger partial charge in [-0.3, -0.25) is 4.79 Å². The van der Waals surface area contributed by atoms with Gasteiger partial charge in [-0.2, -0.15) is 0 Å². The van der Waals surface area contributed by atoms with Crippen LogP contribution in [0, 0.1) is 11.8 Å². The van der Waals surface area contributed by atoms with Crippen molar-refractivity contribution in [3.05, 3.63) is 0 Å². The maximum Gasteiger partial charge on any atom is 0.222 e. The van der Waals surface area contributed by atoms with Crippen molar-refractivity contribution in [2.24, 2.45) is 11.8 Å². The van der Waals surface area contributed by atoms with E-state index in [9.17, 15) is 4.79 Å². The zero-order valence-electron chi connectivity index (χ0n) is 14.0.